The third kappa shape index (κ3) is 4.46. The quantitative estimate of drug-likeness (QED) is 0.456. The van der Waals surface area contributed by atoms with Crippen molar-refractivity contribution in [2.45, 2.75) is 43.6 Å². The number of furan rings is 1. The number of methoxy groups -OCH3 is 1. The molecule has 2 aliphatic rings. The van der Waals surface area contributed by atoms with E-state index in [1.165, 1.54) is 23.1 Å². The lowest BCUT2D eigenvalue weighted by molar-refractivity contribution is 0.0488. The van der Waals surface area contributed by atoms with Crippen LogP contribution in [0.4, 0.5) is 15.1 Å². The lowest BCUT2D eigenvalue weighted by Crippen LogP contribution is -2.58. The molecule has 38 heavy (non-hydrogen) atoms. The van der Waals surface area contributed by atoms with Gasteiger partial charge in [0.25, 0.3) is 5.91 Å². The van der Waals surface area contributed by atoms with Crippen molar-refractivity contribution in [1.29, 1.82) is 0 Å². The average molecular weight is 529 g/mol. The molecule has 0 aliphatic carbocycles. The molecule has 4 atom stereocenters. The van der Waals surface area contributed by atoms with E-state index in [-0.39, 0.29) is 30.5 Å². The Bertz CT molecular complexity index is 1350. The Kier molecular flexibility index (Phi) is 6.78. The number of carboxylic acid groups (broad SMARTS) is 1. The van der Waals surface area contributed by atoms with Crippen LogP contribution in [0.2, 0.25) is 0 Å². The number of hydrogen-bond donors (Lipinski definition) is 1. The number of piperidine rings is 1. The molecule has 1 aromatic carbocycles. The molecule has 3 aromatic rings. The van der Waals surface area contributed by atoms with Gasteiger partial charge in [0.1, 0.15) is 23.2 Å². The van der Waals surface area contributed by atoms with Gasteiger partial charge in [0, 0.05) is 45.2 Å². The highest BCUT2D eigenvalue weighted by Crippen LogP contribution is 2.40. The zero-order valence-electron chi connectivity index (χ0n) is 21.5. The van der Waals surface area contributed by atoms with Crippen molar-refractivity contribution in [1.82, 2.24) is 25.0 Å². The minimum Gasteiger partial charge on any atom is -0.467 e. The molecular weight excluding hydrogens is 499 g/mol. The van der Waals surface area contributed by atoms with Gasteiger partial charge in [0.15, 0.2) is 12.6 Å². The summed E-state index contributed by atoms with van der Waals surface area (Å²) in [5, 5.41) is 18.7. The van der Waals surface area contributed by atoms with Crippen LogP contribution in [-0.2, 0) is 4.74 Å². The van der Waals surface area contributed by atoms with Gasteiger partial charge >= 0.3 is 6.09 Å². The van der Waals surface area contributed by atoms with Gasteiger partial charge in [0.2, 0.25) is 5.95 Å². The fourth-order valence-corrected chi connectivity index (χ4v) is 5.33. The summed E-state index contributed by atoms with van der Waals surface area (Å²) in [6, 6.07) is 3.59. The number of carbonyl (C=O) groups excluding carboxylic acids is 1. The third-order valence-corrected chi connectivity index (χ3v) is 7.22. The number of halogens is 1. The number of nitrogens with zero attached hydrogens (tertiary/aromatic N) is 6. The zero-order valence-corrected chi connectivity index (χ0v) is 21.5. The number of aromatic nitrogens is 3. The van der Waals surface area contributed by atoms with Gasteiger partial charge in [-0.1, -0.05) is 0 Å². The summed E-state index contributed by atoms with van der Waals surface area (Å²) >= 11 is 0. The van der Waals surface area contributed by atoms with Crippen molar-refractivity contribution in [2.24, 2.45) is 0 Å². The van der Waals surface area contributed by atoms with Crippen LogP contribution in [0.3, 0.4) is 0 Å². The normalized spacial score (nSPS) is 22.5. The maximum atomic E-state index is 15.4. The standard InChI is InChI=1S/C25H29FN6O6/c1-30(2)23(33)21-8-13-7-20(37-12-36-4)15(10-19(13)38-21)16-11-27-24(29-28-16)31(3)18-9-14-5-6-17(22(18)26)32(14)25(34)35/h7-8,10-11,14,17-18,22H,5-6,9,12H2,1-4H3,(H,34,35)/t14-,17+,18-,22+/m0/s1. The predicted octanol–water partition coefficient (Wildman–Crippen LogP) is 3.03. The van der Waals surface area contributed by atoms with Crippen LogP contribution in [0.25, 0.3) is 22.2 Å². The first-order valence-corrected chi connectivity index (χ1v) is 12.2. The van der Waals surface area contributed by atoms with Gasteiger partial charge in [-0.25, -0.2) is 14.2 Å². The largest absolute Gasteiger partial charge is 0.467 e. The van der Waals surface area contributed by atoms with E-state index in [4.69, 9.17) is 13.9 Å². The van der Waals surface area contributed by atoms with Crippen molar-refractivity contribution in [2.75, 3.05) is 39.9 Å². The molecule has 2 amide bonds. The zero-order chi connectivity index (χ0) is 27.1. The third-order valence-electron chi connectivity index (χ3n) is 7.22. The fraction of sp³-hybridized carbons (Fsp3) is 0.480. The molecular formula is C25H29FN6O6. The maximum Gasteiger partial charge on any atom is 0.407 e. The number of benzene rings is 1. The molecule has 0 saturated carbocycles. The topological polar surface area (TPSA) is 134 Å². The lowest BCUT2D eigenvalue weighted by Gasteiger charge is -2.42. The molecule has 1 N–H and O–H groups in total. The van der Waals surface area contributed by atoms with E-state index in [1.807, 2.05) is 0 Å². The summed E-state index contributed by atoms with van der Waals surface area (Å²) in [6.07, 6.45) is 0.546. The Morgan fingerprint density at radius 2 is 2.00 bits per heavy atom. The second-order valence-electron chi connectivity index (χ2n) is 9.74. The van der Waals surface area contributed by atoms with E-state index in [1.54, 1.807) is 44.2 Å². The number of ether oxygens (including phenoxy) is 2. The highest BCUT2D eigenvalue weighted by Gasteiger charge is 2.51. The maximum absolute atomic E-state index is 15.4. The molecule has 0 unspecified atom stereocenters. The van der Waals surface area contributed by atoms with E-state index >= 15 is 4.39 Å². The highest BCUT2D eigenvalue weighted by atomic mass is 19.1. The summed E-state index contributed by atoms with van der Waals surface area (Å²) < 4.78 is 31.9. The summed E-state index contributed by atoms with van der Waals surface area (Å²) in [7, 11) is 6.47. The smallest absolute Gasteiger partial charge is 0.407 e. The van der Waals surface area contributed by atoms with Gasteiger partial charge in [0.05, 0.1) is 18.3 Å². The second-order valence-corrected chi connectivity index (χ2v) is 9.74. The Morgan fingerprint density at radius 3 is 2.66 bits per heavy atom. The predicted molar refractivity (Wildman–Crippen MR) is 134 cm³/mol. The van der Waals surface area contributed by atoms with Crippen LogP contribution >= 0.6 is 0 Å². The first-order chi connectivity index (χ1) is 18.2. The monoisotopic (exact) mass is 528 g/mol. The van der Waals surface area contributed by atoms with E-state index in [9.17, 15) is 14.7 Å². The summed E-state index contributed by atoms with van der Waals surface area (Å²) in [4.78, 5) is 32.7. The minimum absolute atomic E-state index is 0.0171. The first-order valence-electron chi connectivity index (χ1n) is 12.2. The molecule has 2 aliphatic heterocycles. The number of rotatable bonds is 7. The van der Waals surface area contributed by atoms with Crippen LogP contribution in [0.15, 0.2) is 28.8 Å². The summed E-state index contributed by atoms with van der Waals surface area (Å²) in [5.41, 5.74) is 1.36. The van der Waals surface area contributed by atoms with E-state index in [0.29, 0.717) is 47.2 Å². The number of fused-ring (bicyclic) bond motifs is 3. The molecule has 4 heterocycles. The molecule has 13 heteroatoms. The van der Waals surface area contributed by atoms with Gasteiger partial charge in [-0.05, 0) is 37.5 Å². The molecule has 5 rings (SSSR count). The Balaban J connectivity index is 1.42. The van der Waals surface area contributed by atoms with Crippen molar-refractivity contribution in [3.05, 3.63) is 30.2 Å². The van der Waals surface area contributed by atoms with E-state index < -0.39 is 24.3 Å². The first kappa shape index (κ1) is 25.6. The Hall–Kier alpha value is -4.00. The van der Waals surface area contributed by atoms with Crippen molar-refractivity contribution in [3.63, 3.8) is 0 Å². The Labute approximate surface area is 217 Å². The van der Waals surface area contributed by atoms with Crippen molar-refractivity contribution >= 4 is 28.9 Å². The Morgan fingerprint density at radius 1 is 1.21 bits per heavy atom. The number of hydrogen-bond acceptors (Lipinski definition) is 9. The molecule has 0 spiro atoms. The number of anilines is 1. The lowest BCUT2D eigenvalue weighted by atomic mass is 9.95. The minimum atomic E-state index is -1.37. The second kappa shape index (κ2) is 10.0. The van der Waals surface area contributed by atoms with Crippen LogP contribution in [0, 0.1) is 0 Å². The van der Waals surface area contributed by atoms with Gasteiger partial charge < -0.3 is 28.8 Å². The van der Waals surface area contributed by atoms with E-state index in [0.717, 1.165) is 0 Å². The van der Waals surface area contributed by atoms with Crippen molar-refractivity contribution < 1.29 is 33.0 Å². The van der Waals surface area contributed by atoms with Gasteiger partial charge in [-0.15, -0.1) is 10.2 Å². The molecule has 0 radical (unpaired) electrons. The summed E-state index contributed by atoms with van der Waals surface area (Å²) in [6.45, 7) is -0.0171. The highest BCUT2D eigenvalue weighted by molar-refractivity contribution is 5.97. The van der Waals surface area contributed by atoms with Gasteiger partial charge in [-0.3, -0.25) is 9.69 Å². The molecule has 2 fully saturated rings. The number of amides is 2. The molecule has 2 bridgehead atoms. The molecule has 12 nitrogen and oxygen atoms in total. The van der Waals surface area contributed by atoms with Crippen LogP contribution < -0.4 is 9.64 Å². The van der Waals surface area contributed by atoms with Crippen LogP contribution in [0.1, 0.15) is 29.8 Å². The van der Waals surface area contributed by atoms with Gasteiger partial charge in [-0.2, -0.15) is 0 Å². The van der Waals surface area contributed by atoms with Crippen molar-refractivity contribution in [3.8, 4) is 17.0 Å². The van der Waals surface area contributed by atoms with Crippen LogP contribution in [0.5, 0.6) is 5.75 Å². The number of carbonyl (C=O) groups is 2. The van der Waals surface area contributed by atoms with Crippen LogP contribution in [-0.4, -0.2) is 101 Å². The number of alkyl halides is 1. The molecule has 2 saturated heterocycles. The summed E-state index contributed by atoms with van der Waals surface area (Å²) in [5.74, 6) is 0.569. The molecule has 2 aromatic heterocycles. The van der Waals surface area contributed by atoms with E-state index in [2.05, 4.69) is 15.2 Å². The fourth-order valence-electron chi connectivity index (χ4n) is 5.33. The SMILES string of the molecule is COCOc1cc2cc(C(=O)N(C)C)oc2cc1-c1cnc(N(C)[C@H]2C[C@@H]3CC[C@H]([C@H]2F)N3C(=O)O)nn1. The average Bonchev–Trinajstić information content (AvgIpc) is 3.48. The molecule has 202 valence electrons.